The van der Waals surface area contributed by atoms with Crippen molar-refractivity contribution in [2.75, 3.05) is 0 Å². The fraction of sp³-hybridized carbons (Fsp3) is 0.143. The molecule has 2 bridgehead atoms. The standard InChI is InChI=1S/C28H25N5O/c1-2-3-4-12-25-18-24-17-23(28-29-31-32-30-28)15-16-26(24)33(25)27(34)19-22-11-7-9-20-8-5-6-10-21(22)14-13-20/h2-12,15-18H,13-14,19H2,1H3,(H,29,30,31,32)/b3-2-,6-5?,8-5?,9-7?,10-6?,11-7?,12-4-,20-8?,20-9?,21-10?,22-11?,22-21?. The minimum atomic E-state index is 0.0327. The van der Waals surface area contributed by atoms with Gasteiger partial charge in [-0.25, -0.2) is 0 Å². The Hall–Kier alpha value is -4.32. The average molecular weight is 448 g/mol. The molecule has 5 rings (SSSR count). The van der Waals surface area contributed by atoms with Crippen molar-refractivity contribution in [3.05, 3.63) is 107 Å². The number of benzene rings is 1. The van der Waals surface area contributed by atoms with E-state index in [1.807, 2.05) is 60.1 Å². The first kappa shape index (κ1) is 21.5. The van der Waals surface area contributed by atoms with E-state index in [0.717, 1.165) is 40.6 Å². The van der Waals surface area contributed by atoms with Crippen molar-refractivity contribution in [2.24, 2.45) is 0 Å². The van der Waals surface area contributed by atoms with E-state index in [0.29, 0.717) is 12.2 Å². The van der Waals surface area contributed by atoms with Gasteiger partial charge < -0.3 is 0 Å². The Labute approximate surface area is 198 Å². The van der Waals surface area contributed by atoms with Crippen molar-refractivity contribution in [2.45, 2.75) is 26.2 Å². The van der Waals surface area contributed by atoms with Crippen molar-refractivity contribution in [3.63, 3.8) is 0 Å². The summed E-state index contributed by atoms with van der Waals surface area (Å²) in [5, 5.41) is 15.2. The highest BCUT2D eigenvalue weighted by Crippen LogP contribution is 2.30. The third-order valence-corrected chi connectivity index (χ3v) is 6.02. The van der Waals surface area contributed by atoms with Gasteiger partial charge in [0.05, 0.1) is 11.9 Å². The highest BCUT2D eigenvalue weighted by molar-refractivity contribution is 5.98. The molecule has 0 spiro atoms. The molecule has 0 fully saturated rings. The monoisotopic (exact) mass is 447 g/mol. The highest BCUT2D eigenvalue weighted by atomic mass is 16.2. The number of H-pyrrole nitrogens is 1. The number of nitrogens with zero attached hydrogens (tertiary/aromatic N) is 4. The van der Waals surface area contributed by atoms with Gasteiger partial charge in [-0.1, -0.05) is 60.8 Å². The second-order valence-electron chi connectivity index (χ2n) is 8.24. The summed E-state index contributed by atoms with van der Waals surface area (Å²) in [7, 11) is 0. The zero-order chi connectivity index (χ0) is 23.3. The van der Waals surface area contributed by atoms with Crippen LogP contribution in [0.4, 0.5) is 0 Å². The van der Waals surface area contributed by atoms with E-state index >= 15 is 0 Å². The lowest BCUT2D eigenvalue weighted by Crippen LogP contribution is -2.14. The van der Waals surface area contributed by atoms with Gasteiger partial charge in [-0.15, -0.1) is 10.2 Å². The van der Waals surface area contributed by atoms with Crippen LogP contribution < -0.4 is 0 Å². The molecule has 1 aromatic carbocycles. The molecule has 6 nitrogen and oxygen atoms in total. The number of allylic oxidation sites excluding steroid dienone is 13. The molecule has 0 atom stereocenters. The number of nitrogens with one attached hydrogen (secondary N) is 1. The van der Waals surface area contributed by atoms with E-state index in [1.165, 1.54) is 11.1 Å². The average Bonchev–Trinajstić information content (AvgIpc) is 3.47. The van der Waals surface area contributed by atoms with Gasteiger partial charge in [0.15, 0.2) is 0 Å². The SMILES string of the molecule is C/C=C\C=C/c1cc2cc(-c3nn[nH]n3)ccc2n1C(=O)CC1=CC=CC2=CC=CC=C1CC2. The third kappa shape index (κ3) is 4.43. The zero-order valence-electron chi connectivity index (χ0n) is 19.0. The second kappa shape index (κ2) is 9.67. The quantitative estimate of drug-likeness (QED) is 0.477. The lowest BCUT2D eigenvalue weighted by Gasteiger charge is -2.16. The van der Waals surface area contributed by atoms with Crippen LogP contribution in [0.25, 0.3) is 28.4 Å². The lowest BCUT2D eigenvalue weighted by atomic mass is 9.91. The number of hydrogen-bond acceptors (Lipinski definition) is 4. The molecule has 0 saturated carbocycles. The number of aromatic amines is 1. The predicted molar refractivity (Wildman–Crippen MR) is 136 cm³/mol. The van der Waals surface area contributed by atoms with E-state index in [2.05, 4.69) is 63.2 Å². The number of fused-ring (bicyclic) bond motifs is 4. The van der Waals surface area contributed by atoms with Crippen molar-refractivity contribution in [1.82, 2.24) is 25.2 Å². The number of hydrogen-bond donors (Lipinski definition) is 1. The minimum absolute atomic E-state index is 0.0327. The molecule has 2 aliphatic rings. The number of carbonyl (C=O) groups excluding carboxylic acids is 1. The largest absolute Gasteiger partial charge is 0.280 e. The first-order valence-electron chi connectivity index (χ1n) is 11.4. The molecule has 168 valence electrons. The van der Waals surface area contributed by atoms with E-state index in [-0.39, 0.29) is 5.91 Å². The van der Waals surface area contributed by atoms with E-state index in [4.69, 9.17) is 0 Å². The van der Waals surface area contributed by atoms with Crippen molar-refractivity contribution >= 4 is 22.9 Å². The number of rotatable bonds is 5. The first-order valence-corrected chi connectivity index (χ1v) is 11.4. The van der Waals surface area contributed by atoms with Crippen LogP contribution in [-0.2, 0) is 0 Å². The Balaban J connectivity index is 1.55. The summed E-state index contributed by atoms with van der Waals surface area (Å²) in [6.07, 6.45) is 24.7. The Morgan fingerprint density at radius 1 is 1.09 bits per heavy atom. The van der Waals surface area contributed by atoms with Crippen LogP contribution in [-0.4, -0.2) is 31.1 Å². The molecule has 2 aliphatic carbocycles. The number of carbonyl (C=O) groups is 1. The minimum Gasteiger partial charge on any atom is -0.280 e. The smallest absolute Gasteiger partial charge is 0.235 e. The summed E-state index contributed by atoms with van der Waals surface area (Å²) in [5.41, 5.74) is 6.10. The van der Waals surface area contributed by atoms with Crippen LogP contribution in [0.5, 0.6) is 0 Å². The molecule has 0 aliphatic heterocycles. The van der Waals surface area contributed by atoms with E-state index < -0.39 is 0 Å². The Morgan fingerprint density at radius 3 is 2.85 bits per heavy atom. The van der Waals surface area contributed by atoms with Gasteiger partial charge in [-0.05, 0) is 72.0 Å². The molecular weight excluding hydrogens is 422 g/mol. The number of aromatic nitrogens is 5. The van der Waals surface area contributed by atoms with Gasteiger partial charge in [0.25, 0.3) is 0 Å². The van der Waals surface area contributed by atoms with Crippen LogP contribution in [0.15, 0.2) is 102 Å². The van der Waals surface area contributed by atoms with Crippen LogP contribution in [0.2, 0.25) is 0 Å². The van der Waals surface area contributed by atoms with Crippen LogP contribution in [0.1, 0.15) is 36.7 Å². The summed E-state index contributed by atoms with van der Waals surface area (Å²) < 4.78 is 1.81. The molecular formula is C28H25N5O. The highest BCUT2D eigenvalue weighted by Gasteiger charge is 2.19. The number of tetrazole rings is 1. The zero-order valence-corrected chi connectivity index (χ0v) is 19.0. The van der Waals surface area contributed by atoms with Gasteiger partial charge >= 0.3 is 0 Å². The maximum absolute atomic E-state index is 13.7. The molecule has 0 saturated heterocycles. The molecule has 6 heteroatoms. The Bertz CT molecular complexity index is 1440. The maximum atomic E-state index is 13.7. The lowest BCUT2D eigenvalue weighted by molar-refractivity contribution is 0.0919. The van der Waals surface area contributed by atoms with Gasteiger partial charge in [0.2, 0.25) is 11.7 Å². The first-order chi connectivity index (χ1) is 16.7. The van der Waals surface area contributed by atoms with Crippen LogP contribution >= 0.6 is 0 Å². The normalized spacial score (nSPS) is 15.9. The topological polar surface area (TPSA) is 76.5 Å². The van der Waals surface area contributed by atoms with Crippen molar-refractivity contribution in [3.8, 4) is 11.4 Å². The van der Waals surface area contributed by atoms with Gasteiger partial charge in [0, 0.05) is 16.6 Å². The summed E-state index contributed by atoms with van der Waals surface area (Å²) >= 11 is 0. The molecule has 0 amide bonds. The Kier molecular flexibility index (Phi) is 6.12. The summed E-state index contributed by atoms with van der Waals surface area (Å²) in [6, 6.07) is 7.89. The molecule has 34 heavy (non-hydrogen) atoms. The van der Waals surface area contributed by atoms with Crippen LogP contribution in [0, 0.1) is 0 Å². The van der Waals surface area contributed by atoms with E-state index in [1.54, 1.807) is 0 Å². The molecule has 2 heterocycles. The predicted octanol–water partition coefficient (Wildman–Crippen LogP) is 6.14. The van der Waals surface area contributed by atoms with Gasteiger partial charge in [-0.3, -0.25) is 9.36 Å². The Morgan fingerprint density at radius 2 is 2.00 bits per heavy atom. The van der Waals surface area contributed by atoms with Gasteiger partial charge in [0.1, 0.15) is 0 Å². The van der Waals surface area contributed by atoms with Crippen molar-refractivity contribution < 1.29 is 4.79 Å². The fourth-order valence-corrected chi connectivity index (χ4v) is 4.34. The molecule has 0 unspecified atom stereocenters. The molecule has 1 N–H and O–H groups in total. The van der Waals surface area contributed by atoms with E-state index in [9.17, 15) is 4.79 Å². The summed E-state index contributed by atoms with van der Waals surface area (Å²) in [4.78, 5) is 13.7. The van der Waals surface area contributed by atoms with Crippen LogP contribution in [0.3, 0.4) is 0 Å². The van der Waals surface area contributed by atoms with Crippen molar-refractivity contribution in [1.29, 1.82) is 0 Å². The molecule has 0 radical (unpaired) electrons. The maximum Gasteiger partial charge on any atom is 0.235 e. The second-order valence-corrected chi connectivity index (χ2v) is 8.24. The molecule has 3 aromatic rings. The summed E-state index contributed by atoms with van der Waals surface area (Å²) in [5.74, 6) is 0.557. The third-order valence-electron chi connectivity index (χ3n) is 6.02. The van der Waals surface area contributed by atoms with Gasteiger partial charge in [-0.2, -0.15) is 5.21 Å². The fourth-order valence-electron chi connectivity index (χ4n) is 4.34. The summed E-state index contributed by atoms with van der Waals surface area (Å²) in [6.45, 7) is 1.97. The molecule has 2 aromatic heterocycles.